The average molecular weight is 266 g/mol. The Hall–Kier alpha value is -1.53. The molecule has 0 saturated carbocycles. The van der Waals surface area contributed by atoms with Crippen molar-refractivity contribution >= 4 is 5.69 Å². The topological polar surface area (TPSA) is 55.6 Å². The Kier molecular flexibility index (Phi) is 3.20. The van der Waals surface area contributed by atoms with Gasteiger partial charge in [-0.15, -0.1) is 0 Å². The molecule has 0 amide bonds. The van der Waals surface area contributed by atoms with Crippen LogP contribution in [0.5, 0.6) is 0 Å². The number of morpholine rings is 1. The molecule has 0 N–H and O–H groups in total. The van der Waals surface area contributed by atoms with Gasteiger partial charge >= 0.3 is 5.69 Å². The molecular formula is C13H15FN2O3. The van der Waals surface area contributed by atoms with Gasteiger partial charge in [0.2, 0.25) is 5.82 Å². The van der Waals surface area contributed by atoms with E-state index in [1.165, 1.54) is 12.1 Å². The van der Waals surface area contributed by atoms with Crippen LogP contribution in [-0.4, -0.2) is 35.1 Å². The Bertz CT molecular complexity index is 497. The van der Waals surface area contributed by atoms with E-state index >= 15 is 0 Å². The highest BCUT2D eigenvalue weighted by Crippen LogP contribution is 2.27. The summed E-state index contributed by atoms with van der Waals surface area (Å²) >= 11 is 0. The predicted molar refractivity (Wildman–Crippen MR) is 66.2 cm³/mol. The molecule has 0 spiro atoms. The number of rotatable bonds is 3. The summed E-state index contributed by atoms with van der Waals surface area (Å²) in [6, 6.07) is 4.12. The fraction of sp³-hybridized carbons (Fsp3) is 0.538. The molecule has 102 valence electrons. The maximum Gasteiger partial charge on any atom is 0.304 e. The van der Waals surface area contributed by atoms with Crippen LogP contribution in [0.3, 0.4) is 0 Å². The van der Waals surface area contributed by atoms with E-state index in [2.05, 4.69) is 4.90 Å². The van der Waals surface area contributed by atoms with E-state index in [1.807, 2.05) is 0 Å². The van der Waals surface area contributed by atoms with Gasteiger partial charge in [-0.2, -0.15) is 4.39 Å². The highest BCUT2D eigenvalue weighted by Gasteiger charge is 2.33. The summed E-state index contributed by atoms with van der Waals surface area (Å²) in [5.41, 5.74) is 0.301. The minimum atomic E-state index is -0.765. The van der Waals surface area contributed by atoms with Gasteiger partial charge in [0.1, 0.15) is 0 Å². The molecule has 3 rings (SSSR count). The summed E-state index contributed by atoms with van der Waals surface area (Å²) in [4.78, 5) is 12.1. The number of likely N-dealkylation sites (tertiary alicyclic amines) is 1. The molecule has 2 bridgehead atoms. The second-order valence-corrected chi connectivity index (χ2v) is 5.19. The molecule has 1 aromatic carbocycles. The van der Waals surface area contributed by atoms with Crippen LogP contribution in [0.25, 0.3) is 0 Å². The zero-order valence-electron chi connectivity index (χ0n) is 10.4. The van der Waals surface area contributed by atoms with Crippen molar-refractivity contribution in [3.63, 3.8) is 0 Å². The van der Waals surface area contributed by atoms with Crippen molar-refractivity contribution in [2.75, 3.05) is 13.1 Å². The number of nitro benzene ring substituents is 1. The van der Waals surface area contributed by atoms with Crippen molar-refractivity contribution in [1.29, 1.82) is 0 Å². The summed E-state index contributed by atoms with van der Waals surface area (Å²) in [6.07, 6.45) is 2.77. The number of hydrogen-bond acceptors (Lipinski definition) is 4. The van der Waals surface area contributed by atoms with Gasteiger partial charge in [-0.1, -0.05) is 6.07 Å². The second kappa shape index (κ2) is 4.86. The minimum Gasteiger partial charge on any atom is -0.372 e. The number of fused-ring (bicyclic) bond motifs is 2. The van der Waals surface area contributed by atoms with Crippen molar-refractivity contribution in [1.82, 2.24) is 4.90 Å². The molecule has 2 unspecified atom stereocenters. The third-order valence-corrected chi connectivity index (χ3v) is 3.73. The van der Waals surface area contributed by atoms with Crippen LogP contribution in [0.1, 0.15) is 18.4 Å². The highest BCUT2D eigenvalue weighted by molar-refractivity contribution is 5.35. The standard InChI is InChI=1S/C13H15FN2O3/c14-12-5-9(1-4-13(12)16(17)18)6-15-7-10-2-3-11(8-15)19-10/h1,4-5,10-11H,2-3,6-8H2. The maximum absolute atomic E-state index is 13.5. The minimum absolute atomic E-state index is 0.293. The number of nitro groups is 1. The van der Waals surface area contributed by atoms with Crippen molar-refractivity contribution in [3.8, 4) is 0 Å². The molecule has 1 aromatic rings. The molecular weight excluding hydrogens is 251 g/mol. The Morgan fingerprint density at radius 3 is 2.63 bits per heavy atom. The lowest BCUT2D eigenvalue weighted by atomic mass is 10.1. The van der Waals surface area contributed by atoms with E-state index in [9.17, 15) is 14.5 Å². The largest absolute Gasteiger partial charge is 0.372 e. The Labute approximate surface area is 110 Å². The quantitative estimate of drug-likeness (QED) is 0.621. The summed E-state index contributed by atoms with van der Waals surface area (Å²) < 4.78 is 19.3. The smallest absolute Gasteiger partial charge is 0.304 e. The molecule has 2 atom stereocenters. The van der Waals surface area contributed by atoms with Gasteiger partial charge in [0.15, 0.2) is 0 Å². The Balaban J connectivity index is 1.70. The maximum atomic E-state index is 13.5. The molecule has 2 aliphatic heterocycles. The fourth-order valence-electron chi connectivity index (χ4n) is 2.88. The molecule has 2 saturated heterocycles. The number of halogens is 1. The first-order chi connectivity index (χ1) is 9.11. The van der Waals surface area contributed by atoms with Crippen LogP contribution in [0, 0.1) is 15.9 Å². The number of nitrogens with zero attached hydrogens (tertiary/aromatic N) is 2. The van der Waals surface area contributed by atoms with E-state index in [0.29, 0.717) is 18.8 Å². The van der Waals surface area contributed by atoms with E-state index < -0.39 is 16.4 Å². The number of benzene rings is 1. The summed E-state index contributed by atoms with van der Waals surface area (Å²) in [7, 11) is 0. The molecule has 2 fully saturated rings. The van der Waals surface area contributed by atoms with Gasteiger partial charge in [0.25, 0.3) is 0 Å². The third kappa shape index (κ3) is 2.59. The van der Waals surface area contributed by atoms with E-state index in [0.717, 1.165) is 31.5 Å². The van der Waals surface area contributed by atoms with Crippen LogP contribution in [0.2, 0.25) is 0 Å². The van der Waals surface area contributed by atoms with Crippen molar-refractivity contribution in [2.24, 2.45) is 0 Å². The highest BCUT2D eigenvalue weighted by atomic mass is 19.1. The lowest BCUT2D eigenvalue weighted by Crippen LogP contribution is -2.41. The van der Waals surface area contributed by atoms with Gasteiger partial charge in [0, 0.05) is 25.7 Å². The SMILES string of the molecule is O=[N+]([O-])c1ccc(CN2CC3CCC(C2)O3)cc1F. The van der Waals surface area contributed by atoms with Crippen molar-refractivity contribution in [3.05, 3.63) is 39.7 Å². The first-order valence-electron chi connectivity index (χ1n) is 6.42. The molecule has 0 aliphatic carbocycles. The molecule has 0 radical (unpaired) electrons. The number of hydrogen-bond donors (Lipinski definition) is 0. The lowest BCUT2D eigenvalue weighted by Gasteiger charge is -2.32. The third-order valence-electron chi connectivity index (χ3n) is 3.73. The van der Waals surface area contributed by atoms with Crippen LogP contribution < -0.4 is 0 Å². The zero-order chi connectivity index (χ0) is 13.4. The number of ether oxygens (including phenoxy) is 1. The van der Waals surface area contributed by atoms with Gasteiger partial charge < -0.3 is 4.74 Å². The molecule has 6 heteroatoms. The monoisotopic (exact) mass is 266 g/mol. The normalized spacial score (nSPS) is 26.6. The molecule has 2 aliphatic rings. The van der Waals surface area contributed by atoms with Gasteiger partial charge in [-0.25, -0.2) is 0 Å². The van der Waals surface area contributed by atoms with Crippen LogP contribution >= 0.6 is 0 Å². The van der Waals surface area contributed by atoms with Crippen LogP contribution in [0.15, 0.2) is 18.2 Å². The molecule has 5 nitrogen and oxygen atoms in total. The van der Waals surface area contributed by atoms with Crippen molar-refractivity contribution < 1.29 is 14.1 Å². The first-order valence-corrected chi connectivity index (χ1v) is 6.42. The first kappa shape index (κ1) is 12.5. The zero-order valence-corrected chi connectivity index (χ0v) is 10.4. The van der Waals surface area contributed by atoms with Gasteiger partial charge in [0.05, 0.1) is 17.1 Å². The fourth-order valence-corrected chi connectivity index (χ4v) is 2.88. The average Bonchev–Trinajstić information content (AvgIpc) is 2.68. The van der Waals surface area contributed by atoms with Gasteiger partial charge in [-0.05, 0) is 24.5 Å². The molecule has 0 aromatic heterocycles. The molecule has 19 heavy (non-hydrogen) atoms. The van der Waals surface area contributed by atoms with E-state index in [1.54, 1.807) is 6.07 Å². The van der Waals surface area contributed by atoms with Crippen molar-refractivity contribution in [2.45, 2.75) is 31.6 Å². The van der Waals surface area contributed by atoms with Crippen LogP contribution in [-0.2, 0) is 11.3 Å². The molecule has 2 heterocycles. The van der Waals surface area contributed by atoms with Crippen LogP contribution in [0.4, 0.5) is 10.1 Å². The predicted octanol–water partition coefficient (Wildman–Crippen LogP) is 2.10. The van der Waals surface area contributed by atoms with Gasteiger partial charge in [-0.3, -0.25) is 15.0 Å². The van der Waals surface area contributed by atoms with E-state index in [-0.39, 0.29) is 0 Å². The lowest BCUT2D eigenvalue weighted by molar-refractivity contribution is -0.387. The summed E-state index contributed by atoms with van der Waals surface area (Å²) in [6.45, 7) is 2.33. The summed E-state index contributed by atoms with van der Waals surface area (Å²) in [5.74, 6) is -0.765. The Morgan fingerprint density at radius 2 is 2.05 bits per heavy atom. The second-order valence-electron chi connectivity index (χ2n) is 5.19. The van der Waals surface area contributed by atoms with E-state index in [4.69, 9.17) is 4.74 Å². The Morgan fingerprint density at radius 1 is 1.37 bits per heavy atom. The summed E-state index contributed by atoms with van der Waals surface area (Å²) in [5, 5.41) is 10.6.